The van der Waals surface area contributed by atoms with E-state index in [1.165, 1.54) is 7.11 Å². The number of aliphatic imine (C=N–C) groups is 1. The van der Waals surface area contributed by atoms with E-state index in [4.69, 9.17) is 4.74 Å². The average molecular weight is 262 g/mol. The first-order chi connectivity index (χ1) is 9.15. The number of phenols is 1. The number of likely N-dealkylation sites (tertiary alicyclic amines) is 1. The SMILES string of the molecule is COc1cc(C)c(N=CC2CCCN2C=O)cc1O. The first-order valence-electron chi connectivity index (χ1n) is 6.28. The second kappa shape index (κ2) is 5.73. The quantitative estimate of drug-likeness (QED) is 0.667. The number of aryl methyl sites for hydroxylation is 1. The van der Waals surface area contributed by atoms with Crippen LogP contribution in [0.1, 0.15) is 18.4 Å². The predicted octanol–water partition coefficient (Wildman–Crippen LogP) is 2.03. The number of hydrogen-bond acceptors (Lipinski definition) is 4. The van der Waals surface area contributed by atoms with Gasteiger partial charge in [-0.15, -0.1) is 0 Å². The number of aromatic hydroxyl groups is 1. The standard InChI is InChI=1S/C14H18N2O3/c1-10-6-14(19-2)13(18)7-12(10)15-8-11-4-3-5-16(11)9-17/h6-9,11,18H,3-5H2,1-2H3. The molecule has 102 valence electrons. The highest BCUT2D eigenvalue weighted by Gasteiger charge is 2.20. The number of nitrogens with zero attached hydrogens (tertiary/aromatic N) is 2. The zero-order valence-electron chi connectivity index (χ0n) is 11.2. The van der Waals surface area contributed by atoms with Gasteiger partial charge < -0.3 is 14.7 Å². The van der Waals surface area contributed by atoms with Crippen LogP contribution in [0.15, 0.2) is 17.1 Å². The number of carbonyl (C=O) groups is 1. The minimum atomic E-state index is 0.0566. The summed E-state index contributed by atoms with van der Waals surface area (Å²) in [5.41, 5.74) is 1.61. The summed E-state index contributed by atoms with van der Waals surface area (Å²) in [6, 6.07) is 3.38. The molecule has 1 aliphatic heterocycles. The molecule has 0 radical (unpaired) electrons. The summed E-state index contributed by atoms with van der Waals surface area (Å²) < 4.78 is 5.04. The fourth-order valence-corrected chi connectivity index (χ4v) is 2.23. The molecular formula is C14H18N2O3. The van der Waals surface area contributed by atoms with Crippen molar-refractivity contribution in [2.45, 2.75) is 25.8 Å². The van der Waals surface area contributed by atoms with Gasteiger partial charge in [0.25, 0.3) is 0 Å². The first kappa shape index (κ1) is 13.4. The lowest BCUT2D eigenvalue weighted by atomic mass is 10.1. The van der Waals surface area contributed by atoms with Gasteiger partial charge in [0.15, 0.2) is 11.5 Å². The second-order valence-corrected chi connectivity index (χ2v) is 4.64. The lowest BCUT2D eigenvalue weighted by Crippen LogP contribution is -2.28. The number of carbonyl (C=O) groups excluding carboxylic acids is 1. The van der Waals surface area contributed by atoms with Crippen molar-refractivity contribution in [2.75, 3.05) is 13.7 Å². The van der Waals surface area contributed by atoms with E-state index in [0.717, 1.165) is 31.4 Å². The Morgan fingerprint density at radius 1 is 1.53 bits per heavy atom. The number of ether oxygens (including phenoxy) is 1. The zero-order valence-corrected chi connectivity index (χ0v) is 11.2. The molecule has 1 aliphatic rings. The second-order valence-electron chi connectivity index (χ2n) is 4.64. The van der Waals surface area contributed by atoms with Crippen molar-refractivity contribution in [3.05, 3.63) is 17.7 Å². The normalized spacial score (nSPS) is 19.1. The van der Waals surface area contributed by atoms with Crippen LogP contribution in [-0.2, 0) is 4.79 Å². The van der Waals surface area contributed by atoms with Crippen LogP contribution in [0.4, 0.5) is 5.69 Å². The maximum absolute atomic E-state index is 10.8. The number of amides is 1. The number of rotatable bonds is 4. The molecule has 1 aromatic carbocycles. The first-order valence-corrected chi connectivity index (χ1v) is 6.28. The molecule has 0 bridgehead atoms. The number of methoxy groups -OCH3 is 1. The summed E-state index contributed by atoms with van der Waals surface area (Å²) in [4.78, 5) is 17.0. The third-order valence-corrected chi connectivity index (χ3v) is 3.36. The summed E-state index contributed by atoms with van der Waals surface area (Å²) in [6.45, 7) is 2.69. The van der Waals surface area contributed by atoms with Crippen LogP contribution >= 0.6 is 0 Å². The smallest absolute Gasteiger partial charge is 0.210 e. The lowest BCUT2D eigenvalue weighted by Gasteiger charge is -2.15. The molecule has 1 atom stereocenters. The van der Waals surface area contributed by atoms with Gasteiger partial charge in [0.1, 0.15) is 0 Å². The van der Waals surface area contributed by atoms with Crippen LogP contribution in [-0.4, -0.2) is 42.3 Å². The van der Waals surface area contributed by atoms with Gasteiger partial charge >= 0.3 is 0 Å². The summed E-state index contributed by atoms with van der Waals surface area (Å²) in [6.07, 6.45) is 4.57. The van der Waals surface area contributed by atoms with Gasteiger partial charge in [-0.1, -0.05) is 0 Å². The highest BCUT2D eigenvalue weighted by Crippen LogP contribution is 2.33. The Hall–Kier alpha value is -2.04. The van der Waals surface area contributed by atoms with Gasteiger partial charge in [0.2, 0.25) is 6.41 Å². The van der Waals surface area contributed by atoms with E-state index in [-0.39, 0.29) is 11.8 Å². The largest absolute Gasteiger partial charge is 0.504 e. The number of phenolic OH excluding ortho intramolecular Hbond substituents is 1. The zero-order chi connectivity index (χ0) is 13.8. The summed E-state index contributed by atoms with van der Waals surface area (Å²) in [5, 5.41) is 9.74. The van der Waals surface area contributed by atoms with E-state index in [2.05, 4.69) is 4.99 Å². The molecule has 0 aromatic heterocycles. The summed E-state index contributed by atoms with van der Waals surface area (Å²) in [5.74, 6) is 0.505. The molecule has 1 heterocycles. The fraction of sp³-hybridized carbons (Fsp3) is 0.429. The van der Waals surface area contributed by atoms with Crippen molar-refractivity contribution in [1.82, 2.24) is 4.90 Å². The van der Waals surface area contributed by atoms with Gasteiger partial charge in [-0.3, -0.25) is 9.79 Å². The Bertz CT molecular complexity index is 500. The summed E-state index contributed by atoms with van der Waals surface area (Å²) >= 11 is 0. The van der Waals surface area contributed by atoms with Crippen molar-refractivity contribution in [1.29, 1.82) is 0 Å². The van der Waals surface area contributed by atoms with E-state index in [1.807, 2.05) is 6.92 Å². The molecule has 0 aliphatic carbocycles. The van der Waals surface area contributed by atoms with Crippen molar-refractivity contribution < 1.29 is 14.6 Å². The van der Waals surface area contributed by atoms with Crippen LogP contribution in [0.5, 0.6) is 11.5 Å². The molecule has 1 unspecified atom stereocenters. The molecule has 19 heavy (non-hydrogen) atoms. The van der Waals surface area contributed by atoms with Crippen LogP contribution in [0.3, 0.4) is 0 Å². The van der Waals surface area contributed by atoms with Gasteiger partial charge in [0, 0.05) is 18.8 Å². The number of hydrogen-bond donors (Lipinski definition) is 1. The molecule has 5 heteroatoms. The Morgan fingerprint density at radius 2 is 2.32 bits per heavy atom. The third kappa shape index (κ3) is 2.86. The van der Waals surface area contributed by atoms with Crippen molar-refractivity contribution in [2.24, 2.45) is 4.99 Å². The van der Waals surface area contributed by atoms with Gasteiger partial charge in [0.05, 0.1) is 18.8 Å². The highest BCUT2D eigenvalue weighted by molar-refractivity contribution is 5.74. The van der Waals surface area contributed by atoms with E-state index in [1.54, 1.807) is 23.2 Å². The van der Waals surface area contributed by atoms with E-state index in [0.29, 0.717) is 11.4 Å². The monoisotopic (exact) mass is 262 g/mol. The molecule has 0 spiro atoms. The molecule has 2 rings (SSSR count). The van der Waals surface area contributed by atoms with E-state index < -0.39 is 0 Å². The third-order valence-electron chi connectivity index (χ3n) is 3.36. The molecular weight excluding hydrogens is 244 g/mol. The minimum absolute atomic E-state index is 0.0566. The van der Waals surface area contributed by atoms with Gasteiger partial charge in [-0.2, -0.15) is 0 Å². The van der Waals surface area contributed by atoms with Crippen LogP contribution < -0.4 is 4.74 Å². The minimum Gasteiger partial charge on any atom is -0.504 e. The Kier molecular flexibility index (Phi) is 4.04. The molecule has 1 amide bonds. The Morgan fingerprint density at radius 3 is 3.00 bits per heavy atom. The Balaban J connectivity index is 2.19. The van der Waals surface area contributed by atoms with Crippen LogP contribution in [0.25, 0.3) is 0 Å². The van der Waals surface area contributed by atoms with Crippen molar-refractivity contribution in [3.8, 4) is 11.5 Å². The molecule has 5 nitrogen and oxygen atoms in total. The van der Waals surface area contributed by atoms with Crippen LogP contribution in [0, 0.1) is 6.92 Å². The molecule has 1 N–H and O–H groups in total. The fourth-order valence-electron chi connectivity index (χ4n) is 2.23. The molecule has 1 saturated heterocycles. The van der Waals surface area contributed by atoms with Gasteiger partial charge in [-0.05, 0) is 31.4 Å². The van der Waals surface area contributed by atoms with Crippen molar-refractivity contribution in [3.63, 3.8) is 0 Å². The molecule has 1 fully saturated rings. The van der Waals surface area contributed by atoms with Crippen molar-refractivity contribution >= 4 is 18.3 Å². The lowest BCUT2D eigenvalue weighted by molar-refractivity contribution is -0.117. The molecule has 0 saturated carbocycles. The van der Waals surface area contributed by atoms with Gasteiger partial charge in [-0.25, -0.2) is 0 Å². The average Bonchev–Trinajstić information content (AvgIpc) is 2.86. The van der Waals surface area contributed by atoms with E-state index >= 15 is 0 Å². The van der Waals surface area contributed by atoms with E-state index in [9.17, 15) is 9.90 Å². The molecule has 1 aromatic rings. The summed E-state index contributed by atoms with van der Waals surface area (Å²) in [7, 11) is 1.51. The number of benzene rings is 1. The predicted molar refractivity (Wildman–Crippen MR) is 73.3 cm³/mol. The van der Waals surface area contributed by atoms with Crippen LogP contribution in [0.2, 0.25) is 0 Å². The maximum atomic E-state index is 10.8. The Labute approximate surface area is 112 Å². The topological polar surface area (TPSA) is 62.1 Å². The highest BCUT2D eigenvalue weighted by atomic mass is 16.5. The maximum Gasteiger partial charge on any atom is 0.210 e.